The highest BCUT2D eigenvalue weighted by Crippen LogP contribution is 2.51. The molecule has 0 amide bonds. The summed E-state index contributed by atoms with van der Waals surface area (Å²) in [7, 11) is -19.1. The zero-order chi connectivity index (χ0) is 27.3. The van der Waals surface area contributed by atoms with Gasteiger partial charge in [0.25, 0.3) is 20.0 Å². The third-order valence-electron chi connectivity index (χ3n) is 4.72. The molecule has 0 radical (unpaired) electrons. The van der Waals surface area contributed by atoms with E-state index in [1.54, 1.807) is 0 Å². The van der Waals surface area contributed by atoms with Crippen LogP contribution in [0, 0.1) is 0 Å². The third-order valence-corrected chi connectivity index (χ3v) is 9.62. The Kier molecular flexibility index (Phi) is 8.42. The van der Waals surface area contributed by atoms with Crippen molar-refractivity contribution in [3.63, 3.8) is 0 Å². The molecule has 0 saturated carbocycles. The van der Waals surface area contributed by atoms with E-state index in [1.807, 2.05) is 0 Å². The van der Waals surface area contributed by atoms with Crippen LogP contribution < -0.4 is 4.13 Å². The zero-order valence-electron chi connectivity index (χ0n) is 17.5. The molecule has 1 rings (SSSR count). The molecular formula is C13H20F9N3O6S3. The summed E-state index contributed by atoms with van der Waals surface area (Å²) in [5.41, 5.74) is 0. The molecule has 0 aromatic carbocycles. The topological polar surface area (TPSA) is 121 Å². The lowest BCUT2D eigenvalue weighted by Crippen LogP contribution is -2.67. The van der Waals surface area contributed by atoms with Crippen molar-refractivity contribution in [3.8, 4) is 0 Å². The molecule has 21 heteroatoms. The van der Waals surface area contributed by atoms with Gasteiger partial charge in [-0.15, -0.1) is 4.13 Å². The Hall–Kier alpha value is -0.900. The van der Waals surface area contributed by atoms with E-state index in [9.17, 15) is 64.8 Å². The maximum Gasteiger partial charge on any atom is 0.429 e. The lowest BCUT2D eigenvalue weighted by atomic mass is 10.1. The van der Waals surface area contributed by atoms with Crippen LogP contribution in [-0.2, 0) is 30.1 Å². The molecule has 0 aromatic heterocycles. The van der Waals surface area contributed by atoms with Crippen molar-refractivity contribution in [2.45, 2.75) is 55.0 Å². The zero-order valence-corrected chi connectivity index (χ0v) is 19.9. The fourth-order valence-corrected chi connectivity index (χ4v) is 7.26. The highest BCUT2D eigenvalue weighted by molar-refractivity contribution is 8.05. The summed E-state index contributed by atoms with van der Waals surface area (Å²) in [4.78, 5) is 1.03. The van der Waals surface area contributed by atoms with Crippen molar-refractivity contribution >= 4 is 30.1 Å². The second kappa shape index (κ2) is 9.20. The average Bonchev–Trinajstić information content (AvgIpc) is 2.57. The van der Waals surface area contributed by atoms with Crippen LogP contribution in [-0.4, -0.2) is 95.0 Å². The molecule has 1 saturated heterocycles. The molecule has 2 unspecified atom stereocenters. The van der Waals surface area contributed by atoms with Crippen LogP contribution in [0.5, 0.6) is 0 Å². The Morgan fingerprint density at radius 1 is 0.794 bits per heavy atom. The Morgan fingerprint density at radius 2 is 1.21 bits per heavy atom. The van der Waals surface area contributed by atoms with Gasteiger partial charge in [0.15, 0.2) is 0 Å². The van der Waals surface area contributed by atoms with Gasteiger partial charge in [-0.2, -0.15) is 43.8 Å². The molecule has 1 aliphatic rings. The summed E-state index contributed by atoms with van der Waals surface area (Å²) < 4.78 is 191. The number of rotatable bonds is 9. The van der Waals surface area contributed by atoms with Gasteiger partial charge in [-0.05, 0) is 13.8 Å². The summed E-state index contributed by atoms with van der Waals surface area (Å²) in [6.45, 7) is -0.800. The fraction of sp³-hybridized carbons (Fsp3) is 1.00. The predicted octanol–water partition coefficient (Wildman–Crippen LogP) is 1.36. The van der Waals surface area contributed by atoms with E-state index in [4.69, 9.17) is 0 Å². The number of nitrogens with zero attached hydrogens (tertiary/aromatic N) is 2. The molecule has 34 heavy (non-hydrogen) atoms. The number of piperazine rings is 1. The molecule has 0 bridgehead atoms. The predicted molar refractivity (Wildman–Crippen MR) is 98.5 cm³/mol. The minimum Gasteiger partial charge on any atom is -0.295 e. The van der Waals surface area contributed by atoms with Crippen LogP contribution in [0.3, 0.4) is 0 Å². The quantitative estimate of drug-likeness (QED) is 0.409. The maximum absolute atomic E-state index is 14.4. The average molecular weight is 582 g/mol. The molecule has 0 aliphatic carbocycles. The molecule has 1 aliphatic heterocycles. The van der Waals surface area contributed by atoms with Gasteiger partial charge in [-0.3, -0.25) is 4.90 Å². The summed E-state index contributed by atoms with van der Waals surface area (Å²) in [6, 6.07) is -2.53. The largest absolute Gasteiger partial charge is 0.429 e. The minimum atomic E-state index is -7.19. The van der Waals surface area contributed by atoms with Crippen LogP contribution in [0.4, 0.5) is 39.5 Å². The number of hydrogen-bond acceptors (Lipinski definition) is 7. The van der Waals surface area contributed by atoms with Gasteiger partial charge in [0, 0.05) is 31.7 Å². The summed E-state index contributed by atoms with van der Waals surface area (Å²) in [5.74, 6) is -7.19. The van der Waals surface area contributed by atoms with Gasteiger partial charge in [0.05, 0.1) is 12.7 Å². The lowest BCUT2D eigenvalue weighted by Gasteiger charge is -2.45. The van der Waals surface area contributed by atoms with Crippen LogP contribution in [0.15, 0.2) is 0 Å². The first-order chi connectivity index (χ1) is 14.7. The van der Waals surface area contributed by atoms with Crippen LogP contribution >= 0.6 is 0 Å². The van der Waals surface area contributed by atoms with Gasteiger partial charge in [-0.25, -0.2) is 25.3 Å². The van der Waals surface area contributed by atoms with E-state index in [-0.39, 0.29) is 14.7 Å². The molecule has 9 nitrogen and oxygen atoms in total. The molecule has 1 fully saturated rings. The van der Waals surface area contributed by atoms with Crippen molar-refractivity contribution in [1.29, 1.82) is 0 Å². The molecule has 1 heterocycles. The van der Waals surface area contributed by atoms with Gasteiger partial charge in [-0.1, -0.05) is 0 Å². The molecule has 1 N–H and O–H groups in total. The maximum atomic E-state index is 14.4. The van der Waals surface area contributed by atoms with Crippen molar-refractivity contribution in [2.75, 3.05) is 25.9 Å². The van der Waals surface area contributed by atoms with Crippen molar-refractivity contribution in [1.82, 2.24) is 13.3 Å². The standard InChI is InChI=1S/C13H20F9N3O6S3/c1-8-6-24(7-9(2)25(8)5-4-10(14,15)16)34(30,31)13(21,22)11(17,18)12(19,20)33(28,29)23-32(3,26)27/h8-9,23H,4-7H2,1-3H3. The van der Waals surface area contributed by atoms with E-state index in [0.717, 1.165) is 18.7 Å². The van der Waals surface area contributed by atoms with Gasteiger partial charge < -0.3 is 0 Å². The third kappa shape index (κ3) is 5.90. The number of nitrogens with one attached hydrogen (secondary N) is 1. The van der Waals surface area contributed by atoms with E-state index in [1.165, 1.54) is 0 Å². The highest BCUT2D eigenvalue weighted by atomic mass is 32.3. The molecule has 0 aromatic rings. The lowest BCUT2D eigenvalue weighted by molar-refractivity contribution is -0.245. The second-order valence-electron chi connectivity index (χ2n) is 7.59. The fourth-order valence-electron chi connectivity index (χ4n) is 3.11. The molecule has 2 atom stereocenters. The van der Waals surface area contributed by atoms with Crippen molar-refractivity contribution in [2.24, 2.45) is 0 Å². The first-order valence-corrected chi connectivity index (χ1v) is 13.7. The number of halogens is 9. The van der Waals surface area contributed by atoms with Crippen molar-refractivity contribution < 1.29 is 64.8 Å². The number of alkyl halides is 9. The SMILES string of the molecule is CC1CN(S(=O)(=O)C(F)(F)C(F)(F)C(F)(F)S(=O)(=O)NS(C)(=O)=O)CC(C)N1CCC(F)(F)F. The first-order valence-electron chi connectivity index (χ1n) is 8.90. The Morgan fingerprint density at radius 3 is 1.56 bits per heavy atom. The van der Waals surface area contributed by atoms with Crippen LogP contribution in [0.1, 0.15) is 20.3 Å². The summed E-state index contributed by atoms with van der Waals surface area (Å²) >= 11 is 0. The van der Waals surface area contributed by atoms with Gasteiger partial charge in [0.1, 0.15) is 0 Å². The van der Waals surface area contributed by atoms with Gasteiger partial charge in [0.2, 0.25) is 10.0 Å². The molecule has 204 valence electrons. The Labute approximate surface area is 189 Å². The number of hydrogen-bond donors (Lipinski definition) is 1. The van der Waals surface area contributed by atoms with Gasteiger partial charge >= 0.3 is 22.6 Å². The minimum absolute atomic E-state index is 0.0652. The van der Waals surface area contributed by atoms with Crippen LogP contribution in [0.2, 0.25) is 0 Å². The normalized spacial score (nSPS) is 23.3. The highest BCUT2D eigenvalue weighted by Gasteiger charge is 2.83. The monoisotopic (exact) mass is 581 g/mol. The summed E-state index contributed by atoms with van der Waals surface area (Å²) in [6.07, 6.45) is -6.08. The summed E-state index contributed by atoms with van der Waals surface area (Å²) in [5, 5.41) is -13.7. The van der Waals surface area contributed by atoms with E-state index < -0.39 is 90.8 Å². The van der Waals surface area contributed by atoms with Crippen molar-refractivity contribution in [3.05, 3.63) is 0 Å². The van der Waals surface area contributed by atoms with E-state index in [2.05, 4.69) is 0 Å². The van der Waals surface area contributed by atoms with E-state index in [0.29, 0.717) is 0 Å². The Balaban J connectivity index is 3.34. The van der Waals surface area contributed by atoms with Crippen LogP contribution in [0.25, 0.3) is 0 Å². The van der Waals surface area contributed by atoms with E-state index >= 15 is 0 Å². The molecular weight excluding hydrogens is 561 g/mol. The smallest absolute Gasteiger partial charge is 0.295 e. The Bertz CT molecular complexity index is 1070. The number of sulfonamides is 3. The molecule has 0 spiro atoms. The second-order valence-corrected chi connectivity index (χ2v) is 13.3. The first kappa shape index (κ1) is 31.1.